The predicted octanol–water partition coefficient (Wildman–Crippen LogP) is 4.90. The maximum atomic E-state index is 13.0. The highest BCUT2D eigenvalue weighted by Gasteiger charge is 2.41. The average Bonchev–Trinajstić information content (AvgIpc) is 3.12. The van der Waals surface area contributed by atoms with Crippen molar-refractivity contribution < 1.29 is 14.3 Å². The Labute approximate surface area is 148 Å². The van der Waals surface area contributed by atoms with Crippen LogP contribution in [0.3, 0.4) is 0 Å². The molecule has 1 aliphatic heterocycles. The molecule has 128 valence electrons. The van der Waals surface area contributed by atoms with Gasteiger partial charge in [0.15, 0.2) is 11.5 Å². The third kappa shape index (κ3) is 3.07. The van der Waals surface area contributed by atoms with Gasteiger partial charge in [-0.15, -0.1) is 0 Å². The number of carbonyl (C=O) groups excluding carboxylic acids is 1. The third-order valence-electron chi connectivity index (χ3n) is 5.29. The first-order valence-corrected chi connectivity index (χ1v) is 8.93. The molecule has 1 fully saturated rings. The van der Waals surface area contributed by atoms with Gasteiger partial charge in [-0.1, -0.05) is 55.0 Å². The Balaban J connectivity index is 1.65. The van der Waals surface area contributed by atoms with Gasteiger partial charge < -0.3 is 9.47 Å². The van der Waals surface area contributed by atoms with Crippen LogP contribution in [-0.4, -0.2) is 12.6 Å². The molecule has 0 spiro atoms. The second-order valence-corrected chi connectivity index (χ2v) is 6.80. The molecule has 1 aliphatic carbocycles. The number of Topliss-reactive ketones (excluding diaryl/α,β-unsaturated/α-hetero) is 1. The Morgan fingerprint density at radius 3 is 2.68 bits per heavy atom. The molecule has 4 rings (SSSR count). The van der Waals surface area contributed by atoms with Crippen LogP contribution in [0.4, 0.5) is 0 Å². The van der Waals surface area contributed by atoms with Gasteiger partial charge in [-0.3, -0.25) is 4.79 Å². The Morgan fingerprint density at radius 1 is 1.00 bits per heavy atom. The molecular weight excluding hydrogens is 312 g/mol. The molecule has 0 amide bonds. The zero-order valence-corrected chi connectivity index (χ0v) is 14.2. The molecular formula is C22H22O3. The van der Waals surface area contributed by atoms with Gasteiger partial charge in [0.05, 0.1) is 5.41 Å². The first-order chi connectivity index (χ1) is 12.3. The Kier molecular flexibility index (Phi) is 4.31. The van der Waals surface area contributed by atoms with Crippen molar-refractivity contribution >= 4 is 11.9 Å². The Hall–Kier alpha value is -2.55. The molecule has 1 heterocycles. The highest BCUT2D eigenvalue weighted by Crippen LogP contribution is 2.44. The lowest BCUT2D eigenvalue weighted by atomic mass is 9.66. The van der Waals surface area contributed by atoms with Crippen LogP contribution in [0.5, 0.6) is 11.5 Å². The van der Waals surface area contributed by atoms with E-state index < -0.39 is 5.41 Å². The lowest BCUT2D eigenvalue weighted by molar-refractivity contribution is -0.126. The van der Waals surface area contributed by atoms with Crippen LogP contribution in [0.1, 0.15) is 43.2 Å². The van der Waals surface area contributed by atoms with Crippen LogP contribution < -0.4 is 9.47 Å². The van der Waals surface area contributed by atoms with Crippen molar-refractivity contribution in [1.82, 2.24) is 0 Å². The van der Waals surface area contributed by atoms with Crippen molar-refractivity contribution in [3.05, 3.63) is 65.7 Å². The highest BCUT2D eigenvalue weighted by molar-refractivity contribution is 5.91. The van der Waals surface area contributed by atoms with Gasteiger partial charge in [0.1, 0.15) is 5.78 Å². The van der Waals surface area contributed by atoms with Crippen LogP contribution in [0, 0.1) is 0 Å². The second kappa shape index (κ2) is 6.75. The minimum absolute atomic E-state index is 0.258. The fourth-order valence-corrected chi connectivity index (χ4v) is 3.88. The van der Waals surface area contributed by atoms with Crippen LogP contribution >= 0.6 is 0 Å². The van der Waals surface area contributed by atoms with Crippen molar-refractivity contribution in [2.24, 2.45) is 0 Å². The van der Waals surface area contributed by atoms with Crippen LogP contribution in [0.15, 0.2) is 54.6 Å². The summed E-state index contributed by atoms with van der Waals surface area (Å²) < 4.78 is 11.0. The largest absolute Gasteiger partial charge is 0.454 e. The summed E-state index contributed by atoms with van der Waals surface area (Å²) in [5.41, 5.74) is 1.77. The first-order valence-electron chi connectivity index (χ1n) is 8.93. The van der Waals surface area contributed by atoms with E-state index in [4.69, 9.17) is 9.47 Å². The molecule has 0 N–H and O–H groups in total. The monoisotopic (exact) mass is 334 g/mol. The van der Waals surface area contributed by atoms with E-state index in [0.29, 0.717) is 12.2 Å². The second-order valence-electron chi connectivity index (χ2n) is 6.80. The van der Waals surface area contributed by atoms with E-state index in [2.05, 4.69) is 24.3 Å². The lowest BCUT2D eigenvalue weighted by Crippen LogP contribution is -2.38. The standard InChI is InChI=1S/C22H22O3/c23-21-10-4-5-13-22(21,14-6-9-17-7-2-1-3-8-17)18-11-12-19-20(15-18)25-16-24-19/h1-3,6-9,11-12,15H,4-5,10,13-14,16H2/b9-6+/t22-/m1/s1. The molecule has 2 aromatic carbocycles. The van der Waals surface area contributed by atoms with E-state index in [-0.39, 0.29) is 6.79 Å². The minimum atomic E-state index is -0.440. The summed E-state index contributed by atoms with van der Waals surface area (Å²) >= 11 is 0. The molecule has 2 aliphatic rings. The molecule has 1 saturated carbocycles. The van der Waals surface area contributed by atoms with Gasteiger partial charge in [-0.2, -0.15) is 0 Å². The number of rotatable bonds is 4. The fourth-order valence-electron chi connectivity index (χ4n) is 3.88. The van der Waals surface area contributed by atoms with Crippen LogP contribution in [-0.2, 0) is 10.2 Å². The number of fused-ring (bicyclic) bond motifs is 1. The van der Waals surface area contributed by atoms with Crippen molar-refractivity contribution in [2.45, 2.75) is 37.5 Å². The zero-order chi connectivity index (χ0) is 17.1. The van der Waals surface area contributed by atoms with Gasteiger partial charge in [0, 0.05) is 6.42 Å². The molecule has 0 bridgehead atoms. The number of benzene rings is 2. The van der Waals surface area contributed by atoms with Crippen LogP contribution in [0.25, 0.3) is 6.08 Å². The SMILES string of the molecule is O=C1CCCC[C@@]1(C/C=C/c1ccccc1)c1ccc2c(c1)OCO2. The minimum Gasteiger partial charge on any atom is -0.454 e. The number of hydrogen-bond donors (Lipinski definition) is 0. The molecule has 2 aromatic rings. The smallest absolute Gasteiger partial charge is 0.231 e. The topological polar surface area (TPSA) is 35.5 Å². The molecule has 0 aromatic heterocycles. The molecule has 3 nitrogen and oxygen atoms in total. The van der Waals surface area contributed by atoms with Crippen molar-refractivity contribution in [3.8, 4) is 11.5 Å². The van der Waals surface area contributed by atoms with Crippen molar-refractivity contribution in [1.29, 1.82) is 0 Å². The maximum absolute atomic E-state index is 13.0. The van der Waals surface area contributed by atoms with E-state index in [9.17, 15) is 4.79 Å². The van der Waals surface area contributed by atoms with E-state index in [1.165, 1.54) is 0 Å². The number of hydrogen-bond acceptors (Lipinski definition) is 3. The Bertz CT molecular complexity index is 794. The van der Waals surface area contributed by atoms with E-state index in [1.807, 2.05) is 36.4 Å². The number of ether oxygens (including phenoxy) is 2. The van der Waals surface area contributed by atoms with Crippen molar-refractivity contribution in [3.63, 3.8) is 0 Å². The van der Waals surface area contributed by atoms with Crippen molar-refractivity contribution in [2.75, 3.05) is 6.79 Å². The van der Waals surface area contributed by atoms with Gasteiger partial charge in [0.2, 0.25) is 6.79 Å². The lowest BCUT2D eigenvalue weighted by Gasteiger charge is -2.35. The summed E-state index contributed by atoms with van der Waals surface area (Å²) in [6.45, 7) is 0.258. The van der Waals surface area contributed by atoms with Gasteiger partial charge in [-0.05, 0) is 42.5 Å². The summed E-state index contributed by atoms with van der Waals surface area (Å²) in [5, 5.41) is 0. The zero-order valence-electron chi connectivity index (χ0n) is 14.2. The van der Waals surface area contributed by atoms with E-state index in [0.717, 1.165) is 48.3 Å². The summed E-state index contributed by atoms with van der Waals surface area (Å²) in [4.78, 5) is 13.0. The highest BCUT2D eigenvalue weighted by atomic mass is 16.7. The summed E-state index contributed by atoms with van der Waals surface area (Å²) in [6, 6.07) is 16.2. The number of carbonyl (C=O) groups is 1. The molecule has 0 saturated heterocycles. The van der Waals surface area contributed by atoms with Gasteiger partial charge in [0.25, 0.3) is 0 Å². The molecule has 0 unspecified atom stereocenters. The quantitative estimate of drug-likeness (QED) is 0.798. The van der Waals surface area contributed by atoms with Gasteiger partial charge >= 0.3 is 0 Å². The number of ketones is 1. The summed E-state index contributed by atoms with van der Waals surface area (Å²) in [7, 11) is 0. The van der Waals surface area contributed by atoms with Crippen LogP contribution in [0.2, 0.25) is 0 Å². The third-order valence-corrected chi connectivity index (χ3v) is 5.29. The summed E-state index contributed by atoms with van der Waals surface area (Å²) in [5.74, 6) is 1.86. The maximum Gasteiger partial charge on any atom is 0.231 e. The molecule has 25 heavy (non-hydrogen) atoms. The average molecular weight is 334 g/mol. The fraction of sp³-hybridized carbons (Fsp3) is 0.318. The Morgan fingerprint density at radius 2 is 1.84 bits per heavy atom. The number of allylic oxidation sites excluding steroid dienone is 1. The van der Waals surface area contributed by atoms with Gasteiger partial charge in [-0.25, -0.2) is 0 Å². The normalized spacial score (nSPS) is 22.5. The molecule has 0 radical (unpaired) electrons. The first kappa shape index (κ1) is 15.9. The predicted molar refractivity (Wildman–Crippen MR) is 97.8 cm³/mol. The van der Waals surface area contributed by atoms with E-state index in [1.54, 1.807) is 0 Å². The summed E-state index contributed by atoms with van der Waals surface area (Å²) in [6.07, 6.45) is 8.60. The molecule has 3 heteroatoms. The van der Waals surface area contributed by atoms with E-state index >= 15 is 0 Å². The molecule has 1 atom stereocenters.